The van der Waals surface area contributed by atoms with Gasteiger partial charge in [-0.05, 0) is 27.2 Å². The van der Waals surface area contributed by atoms with Crippen LogP contribution in [0, 0.1) is 0 Å². The molecule has 1 aliphatic rings. The average Bonchev–Trinajstić information content (AvgIpc) is 2.26. The van der Waals surface area contributed by atoms with Crippen LogP contribution >= 0.6 is 0 Å². The van der Waals surface area contributed by atoms with Gasteiger partial charge >= 0.3 is 0 Å². The van der Waals surface area contributed by atoms with Gasteiger partial charge in [0, 0.05) is 26.7 Å². The molecule has 0 aliphatic carbocycles. The smallest absolute Gasteiger partial charge is 0.0936 e. The Balaban J connectivity index is 2.36. The van der Waals surface area contributed by atoms with Crippen molar-refractivity contribution < 1.29 is 14.6 Å². The maximum atomic E-state index is 9.12. The molecule has 0 radical (unpaired) electrons. The molecule has 16 heavy (non-hydrogen) atoms. The van der Waals surface area contributed by atoms with Crippen molar-refractivity contribution in [1.82, 2.24) is 4.90 Å². The van der Waals surface area contributed by atoms with Crippen LogP contribution in [0.2, 0.25) is 0 Å². The van der Waals surface area contributed by atoms with Crippen molar-refractivity contribution in [3.05, 3.63) is 0 Å². The zero-order valence-corrected chi connectivity index (χ0v) is 10.9. The predicted molar refractivity (Wildman–Crippen MR) is 63.6 cm³/mol. The molecule has 1 saturated heterocycles. The lowest BCUT2D eigenvalue weighted by atomic mass is 10.0. The molecule has 96 valence electrons. The van der Waals surface area contributed by atoms with Crippen LogP contribution in [-0.2, 0) is 9.47 Å². The molecule has 1 rings (SSSR count). The van der Waals surface area contributed by atoms with Crippen molar-refractivity contribution in [1.29, 1.82) is 0 Å². The van der Waals surface area contributed by atoms with E-state index in [0.29, 0.717) is 0 Å². The monoisotopic (exact) mass is 231 g/mol. The van der Waals surface area contributed by atoms with Crippen molar-refractivity contribution >= 4 is 0 Å². The molecular weight excluding hydrogens is 206 g/mol. The Morgan fingerprint density at radius 3 is 2.69 bits per heavy atom. The van der Waals surface area contributed by atoms with Crippen molar-refractivity contribution in [3.8, 4) is 0 Å². The number of ether oxygens (including phenoxy) is 2. The zero-order chi connectivity index (χ0) is 12.2. The number of hydrogen-bond donors (Lipinski definition) is 1. The molecule has 4 nitrogen and oxygen atoms in total. The van der Waals surface area contributed by atoms with Crippen molar-refractivity contribution in [3.63, 3.8) is 0 Å². The van der Waals surface area contributed by atoms with Gasteiger partial charge in [-0.15, -0.1) is 0 Å². The van der Waals surface area contributed by atoms with E-state index in [-0.39, 0.29) is 24.4 Å². The highest BCUT2D eigenvalue weighted by Gasteiger charge is 2.26. The van der Waals surface area contributed by atoms with Crippen molar-refractivity contribution in [2.24, 2.45) is 0 Å². The molecule has 0 amide bonds. The minimum Gasteiger partial charge on any atom is -0.394 e. The summed E-state index contributed by atoms with van der Waals surface area (Å²) in [5, 5.41) is 9.12. The van der Waals surface area contributed by atoms with Gasteiger partial charge in [-0.1, -0.05) is 0 Å². The van der Waals surface area contributed by atoms with Gasteiger partial charge in [-0.25, -0.2) is 0 Å². The SMILES string of the molecule is COC(C)(C)CCN1CC(C)OC(CO)C1. The van der Waals surface area contributed by atoms with Crippen LogP contribution in [0.5, 0.6) is 0 Å². The number of methoxy groups -OCH3 is 1. The van der Waals surface area contributed by atoms with E-state index in [9.17, 15) is 0 Å². The average molecular weight is 231 g/mol. The number of rotatable bonds is 5. The van der Waals surface area contributed by atoms with E-state index in [0.717, 1.165) is 26.1 Å². The minimum atomic E-state index is -0.0732. The third-order valence-electron chi connectivity index (χ3n) is 3.19. The van der Waals surface area contributed by atoms with Crippen LogP contribution in [0.15, 0.2) is 0 Å². The van der Waals surface area contributed by atoms with E-state index >= 15 is 0 Å². The van der Waals surface area contributed by atoms with Gasteiger partial charge in [0.1, 0.15) is 0 Å². The fourth-order valence-electron chi connectivity index (χ4n) is 1.95. The molecule has 1 heterocycles. The summed E-state index contributed by atoms with van der Waals surface area (Å²) >= 11 is 0. The summed E-state index contributed by atoms with van der Waals surface area (Å²) in [7, 11) is 1.75. The predicted octanol–water partition coefficient (Wildman–Crippen LogP) is 0.883. The maximum absolute atomic E-state index is 9.12. The van der Waals surface area contributed by atoms with Crippen LogP contribution < -0.4 is 0 Å². The van der Waals surface area contributed by atoms with Crippen LogP contribution in [0.3, 0.4) is 0 Å². The highest BCUT2D eigenvalue weighted by molar-refractivity contribution is 4.78. The van der Waals surface area contributed by atoms with Gasteiger partial charge in [0.25, 0.3) is 0 Å². The molecule has 1 aliphatic heterocycles. The van der Waals surface area contributed by atoms with Gasteiger partial charge in [0.15, 0.2) is 0 Å². The van der Waals surface area contributed by atoms with Crippen LogP contribution in [0.1, 0.15) is 27.2 Å². The Morgan fingerprint density at radius 2 is 2.12 bits per heavy atom. The second-order valence-electron chi connectivity index (χ2n) is 5.22. The molecule has 0 aromatic rings. The highest BCUT2D eigenvalue weighted by Crippen LogP contribution is 2.16. The van der Waals surface area contributed by atoms with E-state index in [1.165, 1.54) is 0 Å². The summed E-state index contributed by atoms with van der Waals surface area (Å²) in [6, 6.07) is 0. The summed E-state index contributed by atoms with van der Waals surface area (Å²) in [4.78, 5) is 2.34. The molecule has 2 unspecified atom stereocenters. The first-order chi connectivity index (χ1) is 7.46. The second-order valence-corrected chi connectivity index (χ2v) is 5.22. The molecule has 0 spiro atoms. The largest absolute Gasteiger partial charge is 0.394 e. The van der Waals surface area contributed by atoms with Gasteiger partial charge in [0.05, 0.1) is 24.4 Å². The fourth-order valence-corrected chi connectivity index (χ4v) is 1.95. The quantitative estimate of drug-likeness (QED) is 0.763. The summed E-state index contributed by atoms with van der Waals surface area (Å²) in [5.41, 5.74) is -0.0732. The minimum absolute atomic E-state index is 0.0330. The summed E-state index contributed by atoms with van der Waals surface area (Å²) in [6.45, 7) is 9.10. The lowest BCUT2D eigenvalue weighted by molar-refractivity contribution is -0.0996. The Hall–Kier alpha value is -0.160. The number of nitrogens with zero attached hydrogens (tertiary/aromatic N) is 1. The Labute approximate surface area is 98.5 Å². The number of aliphatic hydroxyl groups excluding tert-OH is 1. The molecule has 0 saturated carbocycles. The number of hydrogen-bond acceptors (Lipinski definition) is 4. The van der Waals surface area contributed by atoms with E-state index in [4.69, 9.17) is 14.6 Å². The van der Waals surface area contributed by atoms with Gasteiger partial charge in [-0.3, -0.25) is 4.90 Å². The summed E-state index contributed by atoms with van der Waals surface area (Å²) in [5.74, 6) is 0. The maximum Gasteiger partial charge on any atom is 0.0936 e. The standard InChI is InChI=1S/C12H25NO3/c1-10-7-13(8-11(9-14)16-10)6-5-12(2,3)15-4/h10-11,14H,5-9H2,1-4H3. The first kappa shape index (κ1) is 13.9. The Morgan fingerprint density at radius 1 is 1.44 bits per heavy atom. The van der Waals surface area contributed by atoms with Gasteiger partial charge < -0.3 is 14.6 Å². The summed E-state index contributed by atoms with van der Waals surface area (Å²) in [6.07, 6.45) is 1.17. The van der Waals surface area contributed by atoms with Gasteiger partial charge in [-0.2, -0.15) is 0 Å². The molecule has 0 bridgehead atoms. The first-order valence-corrected chi connectivity index (χ1v) is 6.00. The highest BCUT2D eigenvalue weighted by atomic mass is 16.5. The van der Waals surface area contributed by atoms with Crippen LogP contribution in [-0.4, -0.2) is 61.2 Å². The van der Waals surface area contributed by atoms with E-state index in [1.807, 2.05) is 0 Å². The van der Waals surface area contributed by atoms with Crippen molar-refractivity contribution in [2.75, 3.05) is 33.4 Å². The molecule has 1 N–H and O–H groups in total. The molecule has 0 aromatic heterocycles. The molecular formula is C12H25NO3. The lowest BCUT2D eigenvalue weighted by Crippen LogP contribution is -2.49. The van der Waals surface area contributed by atoms with Crippen LogP contribution in [0.4, 0.5) is 0 Å². The molecule has 2 atom stereocenters. The first-order valence-electron chi connectivity index (χ1n) is 6.00. The van der Waals surface area contributed by atoms with E-state index < -0.39 is 0 Å². The van der Waals surface area contributed by atoms with E-state index in [2.05, 4.69) is 25.7 Å². The number of aliphatic hydroxyl groups is 1. The normalized spacial score (nSPS) is 28.3. The Bertz CT molecular complexity index is 208. The lowest BCUT2D eigenvalue weighted by Gasteiger charge is -2.37. The van der Waals surface area contributed by atoms with Crippen LogP contribution in [0.25, 0.3) is 0 Å². The Kier molecular flexibility index (Phi) is 5.18. The second kappa shape index (κ2) is 5.96. The number of morpholine rings is 1. The molecule has 4 heteroatoms. The van der Waals surface area contributed by atoms with Crippen molar-refractivity contribution in [2.45, 2.75) is 45.0 Å². The third kappa shape index (κ3) is 4.37. The molecule has 0 aromatic carbocycles. The summed E-state index contributed by atoms with van der Waals surface area (Å²) < 4.78 is 11.0. The van der Waals surface area contributed by atoms with Gasteiger partial charge in [0.2, 0.25) is 0 Å². The molecule has 1 fully saturated rings. The fraction of sp³-hybridized carbons (Fsp3) is 1.00. The van der Waals surface area contributed by atoms with E-state index in [1.54, 1.807) is 7.11 Å². The third-order valence-corrected chi connectivity index (χ3v) is 3.19. The topological polar surface area (TPSA) is 41.9 Å². The zero-order valence-electron chi connectivity index (χ0n) is 10.9.